The molecule has 1 aliphatic heterocycles. The molecule has 0 radical (unpaired) electrons. The minimum Gasteiger partial charge on any atom is -0.495 e. The molecule has 0 saturated carbocycles. The summed E-state index contributed by atoms with van der Waals surface area (Å²) >= 11 is 1.69. The molecule has 39 heavy (non-hydrogen) atoms. The highest BCUT2D eigenvalue weighted by atomic mass is 32.2. The maximum absolute atomic E-state index is 14.4. The fourth-order valence-electron chi connectivity index (χ4n) is 4.87. The quantitative estimate of drug-likeness (QED) is 0.331. The Morgan fingerprint density at radius 3 is 2.62 bits per heavy atom. The lowest BCUT2D eigenvalue weighted by atomic mass is 10.0. The minimum atomic E-state index is -3.71. The van der Waals surface area contributed by atoms with Gasteiger partial charge in [0, 0.05) is 51.2 Å². The van der Waals surface area contributed by atoms with E-state index in [9.17, 15) is 12.8 Å². The predicted molar refractivity (Wildman–Crippen MR) is 158 cm³/mol. The standard InChI is InChI=1S/C29H36FN3O4S2/c1-5-21-22-8-6-9-24(32-20-11-14-33(15-12-20)16-17-36-2)29(22)38-27(21)10-7-13-31-25-18-23(30)28(39(4,34)35)19-26(25)37-3/h6,8-9,18-20,31-32H,5,11-17H2,1-4H3. The molecule has 0 atom stereocenters. The normalized spacial score (nSPS) is 14.7. The van der Waals surface area contributed by atoms with Crippen molar-refractivity contribution in [1.29, 1.82) is 0 Å². The third kappa shape index (κ3) is 7.03. The Hall–Kier alpha value is -2.84. The van der Waals surface area contributed by atoms with Crippen molar-refractivity contribution in [3.8, 4) is 17.6 Å². The Kier molecular flexibility index (Phi) is 9.72. The lowest BCUT2D eigenvalue weighted by Crippen LogP contribution is -2.40. The van der Waals surface area contributed by atoms with Crippen molar-refractivity contribution >= 4 is 42.6 Å². The molecule has 1 aliphatic rings. The van der Waals surface area contributed by atoms with Gasteiger partial charge in [-0.15, -0.1) is 11.3 Å². The van der Waals surface area contributed by atoms with E-state index in [4.69, 9.17) is 9.47 Å². The van der Waals surface area contributed by atoms with E-state index in [2.05, 4.69) is 52.5 Å². The van der Waals surface area contributed by atoms with Gasteiger partial charge < -0.3 is 25.0 Å². The van der Waals surface area contributed by atoms with Crippen molar-refractivity contribution in [3.05, 3.63) is 46.6 Å². The zero-order chi connectivity index (χ0) is 28.0. The van der Waals surface area contributed by atoms with Gasteiger partial charge in [-0.1, -0.05) is 30.9 Å². The van der Waals surface area contributed by atoms with Gasteiger partial charge in [-0.25, -0.2) is 12.8 Å². The highest BCUT2D eigenvalue weighted by Gasteiger charge is 2.21. The van der Waals surface area contributed by atoms with Crippen LogP contribution in [0.2, 0.25) is 0 Å². The first-order valence-electron chi connectivity index (χ1n) is 13.1. The maximum Gasteiger partial charge on any atom is 0.178 e. The van der Waals surface area contributed by atoms with Crippen LogP contribution in [0.15, 0.2) is 35.2 Å². The fraction of sp³-hybridized carbons (Fsp3) is 0.448. The van der Waals surface area contributed by atoms with Gasteiger partial charge in [0.2, 0.25) is 0 Å². The first kappa shape index (κ1) is 29.2. The molecule has 2 N–H and O–H groups in total. The Morgan fingerprint density at radius 2 is 1.95 bits per heavy atom. The van der Waals surface area contributed by atoms with Crippen LogP contribution in [0.1, 0.15) is 30.2 Å². The lowest BCUT2D eigenvalue weighted by Gasteiger charge is -2.32. The Morgan fingerprint density at radius 1 is 1.18 bits per heavy atom. The second-order valence-corrected chi connectivity index (χ2v) is 12.6. The zero-order valence-electron chi connectivity index (χ0n) is 22.9. The van der Waals surface area contributed by atoms with E-state index in [1.807, 2.05) is 0 Å². The van der Waals surface area contributed by atoms with Crippen molar-refractivity contribution in [1.82, 2.24) is 4.90 Å². The number of anilines is 2. The number of aryl methyl sites for hydroxylation is 1. The van der Waals surface area contributed by atoms with Crippen molar-refractivity contribution in [2.45, 2.75) is 37.1 Å². The summed E-state index contributed by atoms with van der Waals surface area (Å²) in [6.07, 6.45) is 4.03. The van der Waals surface area contributed by atoms with Crippen LogP contribution in [0.5, 0.6) is 5.75 Å². The third-order valence-corrected chi connectivity index (χ3v) is 9.26. The van der Waals surface area contributed by atoms with E-state index in [-0.39, 0.29) is 12.3 Å². The number of ether oxygens (including phenoxy) is 2. The van der Waals surface area contributed by atoms with Crippen molar-refractivity contribution in [2.75, 3.05) is 63.9 Å². The fourth-order valence-corrected chi connectivity index (χ4v) is 6.84. The average molecular weight is 574 g/mol. The molecule has 2 heterocycles. The van der Waals surface area contributed by atoms with Gasteiger partial charge in [-0.3, -0.25) is 0 Å². The predicted octanol–water partition coefficient (Wildman–Crippen LogP) is 5.00. The van der Waals surface area contributed by atoms with Crippen molar-refractivity contribution in [3.63, 3.8) is 0 Å². The topological polar surface area (TPSA) is 79.9 Å². The number of benzene rings is 2. The summed E-state index contributed by atoms with van der Waals surface area (Å²) in [6.45, 7) is 6.27. The number of likely N-dealkylation sites (tertiary alicyclic amines) is 1. The van der Waals surface area contributed by atoms with E-state index in [0.29, 0.717) is 11.7 Å². The Balaban J connectivity index is 1.48. The van der Waals surface area contributed by atoms with Gasteiger partial charge in [0.15, 0.2) is 9.84 Å². The first-order valence-corrected chi connectivity index (χ1v) is 15.8. The summed E-state index contributed by atoms with van der Waals surface area (Å²) in [5.41, 5.74) is 2.73. The molecule has 4 rings (SSSR count). The molecule has 1 aromatic heterocycles. The summed E-state index contributed by atoms with van der Waals surface area (Å²) in [6, 6.07) is 9.17. The van der Waals surface area contributed by atoms with Crippen LogP contribution in [0, 0.1) is 17.7 Å². The van der Waals surface area contributed by atoms with E-state index in [0.717, 1.165) is 68.4 Å². The monoisotopic (exact) mass is 573 g/mol. The first-order chi connectivity index (χ1) is 18.7. The molecular weight excluding hydrogens is 537 g/mol. The van der Waals surface area contributed by atoms with Crippen molar-refractivity contribution in [2.24, 2.45) is 0 Å². The zero-order valence-corrected chi connectivity index (χ0v) is 24.5. The lowest BCUT2D eigenvalue weighted by molar-refractivity contribution is 0.132. The summed E-state index contributed by atoms with van der Waals surface area (Å²) < 4.78 is 49.7. The molecule has 3 aromatic rings. The van der Waals surface area contributed by atoms with Crippen LogP contribution in [0.25, 0.3) is 10.1 Å². The Labute approximate surface area is 234 Å². The van der Waals surface area contributed by atoms with E-state index >= 15 is 0 Å². The number of rotatable bonds is 10. The molecule has 0 bridgehead atoms. The number of hydrogen-bond donors (Lipinski definition) is 2. The van der Waals surface area contributed by atoms with Crippen LogP contribution in [-0.4, -0.2) is 72.6 Å². The van der Waals surface area contributed by atoms with Crippen molar-refractivity contribution < 1.29 is 22.3 Å². The number of thiophene rings is 1. The van der Waals surface area contributed by atoms with Crippen LogP contribution in [0.3, 0.4) is 0 Å². The van der Waals surface area contributed by atoms with Crippen LogP contribution < -0.4 is 15.4 Å². The highest BCUT2D eigenvalue weighted by Crippen LogP contribution is 2.37. The van der Waals surface area contributed by atoms with E-state index < -0.39 is 20.5 Å². The maximum atomic E-state index is 14.4. The summed E-state index contributed by atoms with van der Waals surface area (Å²) in [4.78, 5) is 3.08. The molecule has 1 fully saturated rings. The molecule has 7 nitrogen and oxygen atoms in total. The summed E-state index contributed by atoms with van der Waals surface area (Å²) in [5, 5.41) is 8.07. The number of nitrogens with one attached hydrogen (secondary N) is 2. The molecule has 0 aliphatic carbocycles. The molecule has 0 amide bonds. The summed E-state index contributed by atoms with van der Waals surface area (Å²) in [7, 11) is -0.546. The summed E-state index contributed by atoms with van der Waals surface area (Å²) in [5.74, 6) is 5.86. The second-order valence-electron chi connectivity index (χ2n) is 9.61. The third-order valence-electron chi connectivity index (χ3n) is 6.95. The average Bonchev–Trinajstić information content (AvgIpc) is 3.28. The van der Waals surface area contributed by atoms with Gasteiger partial charge in [0.05, 0.1) is 41.2 Å². The smallest absolute Gasteiger partial charge is 0.178 e. The largest absolute Gasteiger partial charge is 0.495 e. The second kappa shape index (κ2) is 13.0. The van der Waals surface area contributed by atoms with Gasteiger partial charge >= 0.3 is 0 Å². The van der Waals surface area contributed by atoms with Crippen LogP contribution in [-0.2, 0) is 21.0 Å². The Bertz CT molecular complexity index is 1470. The van der Waals surface area contributed by atoms with Gasteiger partial charge in [-0.2, -0.15) is 0 Å². The molecule has 1 saturated heterocycles. The SMILES string of the molecule is CCc1c(C#CCNc2cc(F)c(S(C)(=O)=O)cc2OC)sc2c(NC3CCN(CCOC)CC3)cccc12. The van der Waals surface area contributed by atoms with Gasteiger partial charge in [0.1, 0.15) is 16.5 Å². The molecule has 0 unspecified atom stereocenters. The number of piperidine rings is 1. The van der Waals surface area contributed by atoms with Gasteiger partial charge in [-0.05, 0) is 36.3 Å². The van der Waals surface area contributed by atoms with E-state index in [1.165, 1.54) is 28.8 Å². The van der Waals surface area contributed by atoms with Crippen LogP contribution >= 0.6 is 11.3 Å². The molecule has 210 valence electrons. The van der Waals surface area contributed by atoms with Gasteiger partial charge in [0.25, 0.3) is 0 Å². The molecule has 0 spiro atoms. The number of fused-ring (bicyclic) bond motifs is 1. The van der Waals surface area contributed by atoms with E-state index in [1.54, 1.807) is 18.4 Å². The number of hydrogen-bond acceptors (Lipinski definition) is 8. The molecule has 2 aromatic carbocycles. The highest BCUT2D eigenvalue weighted by molar-refractivity contribution is 7.90. The number of nitrogens with zero attached hydrogens (tertiary/aromatic N) is 1. The number of halogens is 1. The molecular formula is C29H36FN3O4S2. The number of sulfone groups is 1. The number of methoxy groups -OCH3 is 2. The van der Waals surface area contributed by atoms with Crippen LogP contribution in [0.4, 0.5) is 15.8 Å². The molecule has 10 heteroatoms. The minimum absolute atomic E-state index is 0.245.